The Morgan fingerprint density at radius 3 is 2.50 bits per heavy atom. The van der Waals surface area contributed by atoms with Gasteiger partial charge in [0, 0.05) is 24.6 Å². The molecule has 2 N–H and O–H groups in total. The molecule has 7 heteroatoms. The minimum absolute atomic E-state index is 0.299. The minimum atomic E-state index is -3.41. The zero-order chi connectivity index (χ0) is 15.0. The first-order valence-corrected chi connectivity index (χ1v) is 8.85. The SMILES string of the molecule is CCNCCCN(C)S(=O)(=O)NCc1ccc(Br)cc1. The second-order valence-corrected chi connectivity index (χ2v) is 7.26. The molecular weight excluding hydrogens is 342 g/mol. The highest BCUT2D eigenvalue weighted by molar-refractivity contribution is 9.10. The number of rotatable bonds is 9. The van der Waals surface area contributed by atoms with Gasteiger partial charge < -0.3 is 5.32 Å². The second-order valence-electron chi connectivity index (χ2n) is 4.48. The summed E-state index contributed by atoms with van der Waals surface area (Å²) < 4.78 is 29.0. The van der Waals surface area contributed by atoms with Crippen LogP contribution in [0.4, 0.5) is 0 Å². The molecule has 0 aliphatic rings. The van der Waals surface area contributed by atoms with Gasteiger partial charge in [0.15, 0.2) is 0 Å². The fraction of sp³-hybridized carbons (Fsp3) is 0.538. The Kier molecular flexibility index (Phi) is 7.68. The van der Waals surface area contributed by atoms with Gasteiger partial charge in [-0.25, -0.2) is 0 Å². The third-order valence-corrected chi connectivity index (χ3v) is 4.90. The summed E-state index contributed by atoms with van der Waals surface area (Å²) in [4.78, 5) is 0. The first-order chi connectivity index (χ1) is 9.45. The van der Waals surface area contributed by atoms with Crippen LogP contribution in [-0.2, 0) is 16.8 Å². The Morgan fingerprint density at radius 1 is 1.25 bits per heavy atom. The molecule has 0 atom stereocenters. The van der Waals surface area contributed by atoms with Gasteiger partial charge in [-0.3, -0.25) is 0 Å². The number of hydrogen-bond acceptors (Lipinski definition) is 3. The summed E-state index contributed by atoms with van der Waals surface area (Å²) in [5.41, 5.74) is 0.929. The molecule has 0 saturated heterocycles. The molecule has 0 aliphatic heterocycles. The molecule has 0 aliphatic carbocycles. The second kappa shape index (κ2) is 8.74. The van der Waals surface area contributed by atoms with Crippen molar-refractivity contribution in [1.29, 1.82) is 0 Å². The van der Waals surface area contributed by atoms with Crippen LogP contribution >= 0.6 is 15.9 Å². The summed E-state index contributed by atoms with van der Waals surface area (Å²) in [6, 6.07) is 7.56. The largest absolute Gasteiger partial charge is 0.317 e. The Balaban J connectivity index is 2.42. The van der Waals surface area contributed by atoms with Crippen LogP contribution in [0.3, 0.4) is 0 Å². The Morgan fingerprint density at radius 2 is 1.90 bits per heavy atom. The highest BCUT2D eigenvalue weighted by Gasteiger charge is 2.16. The Bertz CT molecular complexity index is 491. The lowest BCUT2D eigenvalue weighted by molar-refractivity contribution is 0.445. The Labute approximate surface area is 130 Å². The number of nitrogens with zero attached hydrogens (tertiary/aromatic N) is 1. The van der Waals surface area contributed by atoms with Crippen LogP contribution in [0.25, 0.3) is 0 Å². The van der Waals surface area contributed by atoms with Crippen molar-refractivity contribution in [3.05, 3.63) is 34.3 Å². The first-order valence-electron chi connectivity index (χ1n) is 6.62. The summed E-state index contributed by atoms with van der Waals surface area (Å²) in [5.74, 6) is 0. The van der Waals surface area contributed by atoms with Crippen molar-refractivity contribution >= 4 is 26.1 Å². The topological polar surface area (TPSA) is 61.4 Å². The molecule has 114 valence electrons. The first kappa shape index (κ1) is 17.6. The quantitative estimate of drug-likeness (QED) is 0.656. The predicted octanol–water partition coefficient (Wildman–Crippen LogP) is 1.71. The number of hydrogen-bond donors (Lipinski definition) is 2. The van der Waals surface area contributed by atoms with E-state index in [4.69, 9.17) is 0 Å². The summed E-state index contributed by atoms with van der Waals surface area (Å²) in [7, 11) is -1.82. The maximum atomic E-state index is 12.0. The minimum Gasteiger partial charge on any atom is -0.317 e. The van der Waals surface area contributed by atoms with Crippen molar-refractivity contribution in [3.63, 3.8) is 0 Å². The van der Waals surface area contributed by atoms with Crippen molar-refractivity contribution in [2.45, 2.75) is 19.9 Å². The third-order valence-electron chi connectivity index (χ3n) is 2.86. The lowest BCUT2D eigenvalue weighted by Gasteiger charge is -2.17. The van der Waals surface area contributed by atoms with Gasteiger partial charge in [0.25, 0.3) is 10.2 Å². The molecule has 0 radical (unpaired) electrons. The standard InChI is InChI=1S/C13H22BrN3O2S/c1-3-15-9-4-10-17(2)20(18,19)16-11-12-5-7-13(14)8-6-12/h5-8,15-16H,3-4,9-11H2,1-2H3. The van der Waals surface area contributed by atoms with Crippen LogP contribution in [0.5, 0.6) is 0 Å². The molecular formula is C13H22BrN3O2S. The molecule has 0 bridgehead atoms. The van der Waals surface area contributed by atoms with Gasteiger partial charge in [-0.2, -0.15) is 17.4 Å². The van der Waals surface area contributed by atoms with Gasteiger partial charge in [-0.15, -0.1) is 0 Å². The average Bonchev–Trinajstić information content (AvgIpc) is 2.43. The van der Waals surface area contributed by atoms with E-state index >= 15 is 0 Å². The molecule has 5 nitrogen and oxygen atoms in total. The van der Waals surface area contributed by atoms with Crippen molar-refractivity contribution < 1.29 is 8.42 Å². The molecule has 1 rings (SSSR count). The Hall–Kier alpha value is -0.470. The van der Waals surface area contributed by atoms with E-state index in [1.54, 1.807) is 7.05 Å². The van der Waals surface area contributed by atoms with Crippen LogP contribution in [0.15, 0.2) is 28.7 Å². The van der Waals surface area contributed by atoms with Gasteiger partial charge in [0.05, 0.1) is 0 Å². The number of nitrogens with one attached hydrogen (secondary N) is 2. The van der Waals surface area contributed by atoms with E-state index in [0.717, 1.165) is 29.5 Å². The van der Waals surface area contributed by atoms with Gasteiger partial charge in [0.2, 0.25) is 0 Å². The molecule has 1 aromatic carbocycles. The van der Waals surface area contributed by atoms with Crippen molar-refractivity contribution in [2.75, 3.05) is 26.7 Å². The highest BCUT2D eigenvalue weighted by Crippen LogP contribution is 2.10. The van der Waals surface area contributed by atoms with E-state index in [1.807, 2.05) is 31.2 Å². The van der Waals surface area contributed by atoms with Crippen LogP contribution in [-0.4, -0.2) is 39.4 Å². The van der Waals surface area contributed by atoms with Gasteiger partial charge in [-0.05, 0) is 37.2 Å². The van der Waals surface area contributed by atoms with Crippen molar-refractivity contribution in [3.8, 4) is 0 Å². The zero-order valence-corrected chi connectivity index (χ0v) is 14.3. The summed E-state index contributed by atoms with van der Waals surface area (Å²) in [6.07, 6.45) is 0.795. The smallest absolute Gasteiger partial charge is 0.279 e. The molecule has 0 heterocycles. The van der Waals surface area contributed by atoms with Gasteiger partial charge in [0.1, 0.15) is 0 Å². The third kappa shape index (κ3) is 6.32. The fourth-order valence-corrected chi connectivity index (χ4v) is 2.81. The van der Waals surface area contributed by atoms with Crippen molar-refractivity contribution in [1.82, 2.24) is 14.3 Å². The summed E-state index contributed by atoms with van der Waals surface area (Å²) >= 11 is 3.35. The van der Waals surface area contributed by atoms with E-state index in [2.05, 4.69) is 26.0 Å². The lowest BCUT2D eigenvalue weighted by atomic mass is 10.2. The monoisotopic (exact) mass is 363 g/mol. The maximum Gasteiger partial charge on any atom is 0.279 e. The summed E-state index contributed by atoms with van der Waals surface area (Å²) in [6.45, 7) is 4.55. The lowest BCUT2D eigenvalue weighted by Crippen LogP contribution is -2.39. The molecule has 0 unspecified atom stereocenters. The zero-order valence-electron chi connectivity index (χ0n) is 11.9. The molecule has 0 aromatic heterocycles. The van der Waals surface area contributed by atoms with Gasteiger partial charge in [-0.1, -0.05) is 35.0 Å². The molecule has 20 heavy (non-hydrogen) atoms. The van der Waals surface area contributed by atoms with Gasteiger partial charge >= 0.3 is 0 Å². The van der Waals surface area contributed by atoms with E-state index in [9.17, 15) is 8.42 Å². The van der Waals surface area contributed by atoms with Crippen molar-refractivity contribution in [2.24, 2.45) is 0 Å². The van der Waals surface area contributed by atoms with Crippen LogP contribution in [0.1, 0.15) is 18.9 Å². The highest BCUT2D eigenvalue weighted by atomic mass is 79.9. The number of halogens is 1. The van der Waals surface area contributed by atoms with E-state index in [1.165, 1.54) is 4.31 Å². The van der Waals surface area contributed by atoms with E-state index in [-0.39, 0.29) is 0 Å². The molecule has 0 spiro atoms. The maximum absolute atomic E-state index is 12.0. The summed E-state index contributed by atoms with van der Waals surface area (Å²) in [5, 5.41) is 3.17. The van der Waals surface area contributed by atoms with Crippen LogP contribution < -0.4 is 10.0 Å². The fourth-order valence-electron chi connectivity index (χ4n) is 1.61. The average molecular weight is 364 g/mol. The molecule has 1 aromatic rings. The van der Waals surface area contributed by atoms with E-state index in [0.29, 0.717) is 13.1 Å². The normalized spacial score (nSPS) is 12.0. The molecule has 0 saturated carbocycles. The van der Waals surface area contributed by atoms with Crippen LogP contribution in [0.2, 0.25) is 0 Å². The molecule has 0 fully saturated rings. The van der Waals surface area contributed by atoms with E-state index < -0.39 is 10.2 Å². The number of benzene rings is 1. The predicted molar refractivity (Wildman–Crippen MR) is 85.7 cm³/mol. The van der Waals surface area contributed by atoms with Crippen LogP contribution in [0, 0.1) is 0 Å². The molecule has 0 amide bonds.